The van der Waals surface area contributed by atoms with E-state index in [1.54, 1.807) is 11.0 Å². The topological polar surface area (TPSA) is 95.7 Å². The van der Waals surface area contributed by atoms with Crippen molar-refractivity contribution in [1.82, 2.24) is 10.2 Å². The molecule has 0 spiro atoms. The standard InChI is InChI=1S/C14H18ClN3O3/c15-11-4-2-1-3-10(11)7-17-12(19)8-18-6-5-14(16,9-18)13(20)21/h1-4H,5-9,16H2,(H,17,19)(H,20,21). The second-order valence-electron chi connectivity index (χ2n) is 5.29. The van der Waals surface area contributed by atoms with E-state index < -0.39 is 11.5 Å². The molecule has 0 bridgehead atoms. The van der Waals surface area contributed by atoms with E-state index in [0.717, 1.165) is 5.56 Å². The van der Waals surface area contributed by atoms with E-state index >= 15 is 0 Å². The Balaban J connectivity index is 1.81. The SMILES string of the molecule is NC1(C(=O)O)CCN(CC(=O)NCc2ccccc2Cl)C1. The van der Waals surface area contributed by atoms with E-state index in [1.165, 1.54) is 0 Å². The number of hydrogen-bond donors (Lipinski definition) is 3. The van der Waals surface area contributed by atoms with Crippen LogP contribution in [0.4, 0.5) is 0 Å². The number of carbonyl (C=O) groups excluding carboxylic acids is 1. The van der Waals surface area contributed by atoms with E-state index in [4.69, 9.17) is 22.4 Å². The van der Waals surface area contributed by atoms with Gasteiger partial charge in [-0.15, -0.1) is 0 Å². The lowest BCUT2D eigenvalue weighted by Crippen LogP contribution is -2.50. The zero-order valence-corrected chi connectivity index (χ0v) is 12.3. The predicted molar refractivity (Wildman–Crippen MR) is 78.9 cm³/mol. The van der Waals surface area contributed by atoms with Crippen LogP contribution >= 0.6 is 11.6 Å². The quantitative estimate of drug-likeness (QED) is 0.733. The van der Waals surface area contributed by atoms with Crippen molar-refractivity contribution in [3.05, 3.63) is 34.9 Å². The summed E-state index contributed by atoms with van der Waals surface area (Å²) in [4.78, 5) is 24.7. The molecule has 114 valence electrons. The smallest absolute Gasteiger partial charge is 0.325 e. The lowest BCUT2D eigenvalue weighted by molar-refractivity contribution is -0.143. The molecule has 4 N–H and O–H groups in total. The highest BCUT2D eigenvalue weighted by Crippen LogP contribution is 2.18. The van der Waals surface area contributed by atoms with Gasteiger partial charge in [0.15, 0.2) is 0 Å². The van der Waals surface area contributed by atoms with E-state index in [9.17, 15) is 9.59 Å². The first-order valence-corrected chi connectivity index (χ1v) is 7.03. The number of carboxylic acids is 1. The number of benzene rings is 1. The van der Waals surface area contributed by atoms with Crippen LogP contribution in [0.1, 0.15) is 12.0 Å². The normalized spacial score (nSPS) is 22.2. The molecule has 2 rings (SSSR count). The molecule has 0 radical (unpaired) electrons. The molecule has 1 aliphatic rings. The highest BCUT2D eigenvalue weighted by molar-refractivity contribution is 6.31. The number of likely N-dealkylation sites (tertiary alicyclic amines) is 1. The summed E-state index contributed by atoms with van der Waals surface area (Å²) in [6.07, 6.45) is 0.347. The van der Waals surface area contributed by atoms with Crippen molar-refractivity contribution in [1.29, 1.82) is 0 Å². The first-order valence-electron chi connectivity index (χ1n) is 6.65. The number of hydrogen-bond acceptors (Lipinski definition) is 4. The molecule has 1 unspecified atom stereocenters. The van der Waals surface area contributed by atoms with Crippen LogP contribution in [0.25, 0.3) is 0 Å². The Morgan fingerprint density at radius 2 is 2.14 bits per heavy atom. The van der Waals surface area contributed by atoms with E-state index in [2.05, 4.69) is 5.32 Å². The minimum atomic E-state index is -1.25. The van der Waals surface area contributed by atoms with Gasteiger partial charge in [-0.1, -0.05) is 29.8 Å². The molecule has 1 atom stereocenters. The van der Waals surface area contributed by atoms with Crippen molar-refractivity contribution in [2.75, 3.05) is 19.6 Å². The zero-order chi connectivity index (χ0) is 15.5. The van der Waals surface area contributed by atoms with E-state index in [0.29, 0.717) is 24.5 Å². The minimum Gasteiger partial charge on any atom is -0.480 e. The maximum absolute atomic E-state index is 11.9. The average molecular weight is 312 g/mol. The predicted octanol–water partition coefficient (Wildman–Crippen LogP) is 0.444. The number of carbonyl (C=O) groups is 2. The molecule has 21 heavy (non-hydrogen) atoms. The van der Waals surface area contributed by atoms with Crippen molar-refractivity contribution in [2.45, 2.75) is 18.5 Å². The molecule has 6 nitrogen and oxygen atoms in total. The largest absolute Gasteiger partial charge is 0.480 e. The Kier molecular flexibility index (Phi) is 4.82. The summed E-state index contributed by atoms with van der Waals surface area (Å²) >= 11 is 6.01. The van der Waals surface area contributed by atoms with Gasteiger partial charge in [0, 0.05) is 24.7 Å². The Labute approximate surface area is 127 Å². The summed E-state index contributed by atoms with van der Waals surface area (Å²) < 4.78 is 0. The first kappa shape index (κ1) is 15.8. The first-order chi connectivity index (χ1) is 9.90. The summed E-state index contributed by atoms with van der Waals surface area (Å²) in [5.41, 5.74) is 5.36. The fourth-order valence-electron chi connectivity index (χ4n) is 2.32. The molecule has 7 heteroatoms. The summed E-state index contributed by atoms with van der Waals surface area (Å²) in [6, 6.07) is 7.28. The molecule has 1 fully saturated rings. The Bertz CT molecular complexity index is 552. The summed E-state index contributed by atoms with van der Waals surface area (Å²) in [7, 11) is 0. The number of amides is 1. The summed E-state index contributed by atoms with van der Waals surface area (Å²) in [5, 5.41) is 12.4. The summed E-state index contributed by atoms with van der Waals surface area (Å²) in [5.74, 6) is -1.20. The maximum atomic E-state index is 11.9. The van der Waals surface area contributed by atoms with Crippen LogP contribution in [0, 0.1) is 0 Å². The highest BCUT2D eigenvalue weighted by Gasteiger charge is 2.41. The number of carboxylic acid groups (broad SMARTS) is 1. The highest BCUT2D eigenvalue weighted by atomic mass is 35.5. The van der Waals surface area contributed by atoms with Gasteiger partial charge in [-0.2, -0.15) is 0 Å². The van der Waals surface area contributed by atoms with Crippen LogP contribution in [-0.2, 0) is 16.1 Å². The van der Waals surface area contributed by atoms with Crippen LogP contribution in [-0.4, -0.2) is 47.1 Å². The third kappa shape index (κ3) is 3.93. The fraction of sp³-hybridized carbons (Fsp3) is 0.429. The van der Waals surface area contributed by atoms with Crippen LogP contribution in [0.5, 0.6) is 0 Å². The molecule has 1 aromatic carbocycles. The zero-order valence-electron chi connectivity index (χ0n) is 11.5. The van der Waals surface area contributed by atoms with Gasteiger partial charge < -0.3 is 16.2 Å². The Morgan fingerprint density at radius 1 is 1.43 bits per heavy atom. The third-order valence-corrected chi connectivity index (χ3v) is 3.98. The van der Waals surface area contributed by atoms with Gasteiger partial charge in [0.25, 0.3) is 0 Å². The van der Waals surface area contributed by atoms with Gasteiger partial charge in [0.05, 0.1) is 6.54 Å². The molecule has 1 amide bonds. The molecular formula is C14H18ClN3O3. The van der Waals surface area contributed by atoms with Crippen LogP contribution in [0.3, 0.4) is 0 Å². The van der Waals surface area contributed by atoms with E-state index in [1.807, 2.05) is 18.2 Å². The van der Waals surface area contributed by atoms with Crippen molar-refractivity contribution >= 4 is 23.5 Å². The second-order valence-corrected chi connectivity index (χ2v) is 5.70. The maximum Gasteiger partial charge on any atom is 0.325 e. The van der Waals surface area contributed by atoms with Gasteiger partial charge in [0.1, 0.15) is 5.54 Å². The Hall–Kier alpha value is -1.63. The monoisotopic (exact) mass is 311 g/mol. The van der Waals surface area contributed by atoms with Crippen molar-refractivity contribution in [2.24, 2.45) is 5.73 Å². The Morgan fingerprint density at radius 3 is 2.76 bits per heavy atom. The van der Waals surface area contributed by atoms with Crippen LogP contribution in [0.2, 0.25) is 5.02 Å². The molecular weight excluding hydrogens is 294 g/mol. The summed E-state index contributed by atoms with van der Waals surface area (Å²) in [6.45, 7) is 1.17. The van der Waals surface area contributed by atoms with Gasteiger partial charge in [-0.3, -0.25) is 14.5 Å². The molecule has 0 saturated carbocycles. The number of nitrogens with two attached hydrogens (primary N) is 1. The number of nitrogens with one attached hydrogen (secondary N) is 1. The van der Waals surface area contributed by atoms with Crippen LogP contribution < -0.4 is 11.1 Å². The second kappa shape index (κ2) is 6.43. The minimum absolute atomic E-state index is 0.136. The van der Waals surface area contributed by atoms with Gasteiger partial charge in [-0.05, 0) is 18.1 Å². The lowest BCUT2D eigenvalue weighted by atomic mass is 10.0. The lowest BCUT2D eigenvalue weighted by Gasteiger charge is -2.19. The van der Waals surface area contributed by atoms with Gasteiger partial charge >= 0.3 is 5.97 Å². The van der Waals surface area contributed by atoms with Crippen molar-refractivity contribution < 1.29 is 14.7 Å². The number of nitrogens with zero attached hydrogens (tertiary/aromatic N) is 1. The van der Waals surface area contributed by atoms with Crippen molar-refractivity contribution in [3.63, 3.8) is 0 Å². The third-order valence-electron chi connectivity index (χ3n) is 3.61. The molecule has 0 aliphatic carbocycles. The number of halogens is 1. The molecule has 1 heterocycles. The average Bonchev–Trinajstić information content (AvgIpc) is 2.81. The fourth-order valence-corrected chi connectivity index (χ4v) is 2.52. The molecule has 1 aliphatic heterocycles. The van der Waals surface area contributed by atoms with Crippen molar-refractivity contribution in [3.8, 4) is 0 Å². The van der Waals surface area contributed by atoms with Gasteiger partial charge in [0.2, 0.25) is 5.91 Å². The number of rotatable bonds is 5. The molecule has 0 aromatic heterocycles. The molecule has 1 aromatic rings. The van der Waals surface area contributed by atoms with E-state index in [-0.39, 0.29) is 19.0 Å². The number of aliphatic carboxylic acids is 1. The van der Waals surface area contributed by atoms with Crippen LogP contribution in [0.15, 0.2) is 24.3 Å². The molecule has 1 saturated heterocycles. The van der Waals surface area contributed by atoms with Gasteiger partial charge in [-0.25, -0.2) is 0 Å².